The molecular weight excluding hydrogens is 651 g/mol. The van der Waals surface area contributed by atoms with Crippen LogP contribution in [0.25, 0.3) is 22.3 Å². The Kier molecular flexibility index (Phi) is 18.6. The Balaban J connectivity index is 0.000000531. The lowest BCUT2D eigenvalue weighted by Gasteiger charge is -2.20. The highest BCUT2D eigenvalue weighted by Gasteiger charge is 2.32. The third kappa shape index (κ3) is 9.89. The first kappa shape index (κ1) is 42.8. The Morgan fingerprint density at radius 2 is 1.72 bits per heavy atom. The van der Waals surface area contributed by atoms with Crippen LogP contribution in [0.1, 0.15) is 140 Å². The van der Waals surface area contributed by atoms with E-state index in [1.54, 1.807) is 13.1 Å². The van der Waals surface area contributed by atoms with Crippen LogP contribution in [0.2, 0.25) is 0 Å². The fourth-order valence-corrected chi connectivity index (χ4v) is 7.18. The Labute approximate surface area is 304 Å². The Bertz CT molecular complexity index is 1640. The first-order valence-electron chi connectivity index (χ1n) is 18.6. The fraction of sp³-hybridized carbons (Fsp3) is 0.575. The Morgan fingerprint density at radius 3 is 2.30 bits per heavy atom. The van der Waals surface area contributed by atoms with Gasteiger partial charge in [-0.1, -0.05) is 73.0 Å². The molecule has 0 bridgehead atoms. The molecular formula is C40H60F2N6OS. The van der Waals surface area contributed by atoms with E-state index in [1.165, 1.54) is 44.8 Å². The number of benzene rings is 1. The SMILES string of the molecule is C/C=C(/F)c1sc(N)c(C#N)c1/C(=C(\C)CC)c1c2c(c3cnc(N4CCCC4)nc3c1F)COC2.CC.CC.CCCCCN(C)CCC. The first-order chi connectivity index (χ1) is 24.2. The van der Waals surface area contributed by atoms with Crippen LogP contribution in [0.4, 0.5) is 19.7 Å². The predicted octanol–water partition coefficient (Wildman–Crippen LogP) is 11.0. The fourth-order valence-electron chi connectivity index (χ4n) is 6.19. The van der Waals surface area contributed by atoms with Crippen molar-refractivity contribution in [1.29, 1.82) is 5.26 Å². The maximum Gasteiger partial charge on any atom is 0.225 e. The van der Waals surface area contributed by atoms with E-state index in [2.05, 4.69) is 46.7 Å². The molecule has 2 aromatic heterocycles. The molecule has 3 aromatic rings. The predicted molar refractivity (Wildman–Crippen MR) is 210 cm³/mol. The summed E-state index contributed by atoms with van der Waals surface area (Å²) < 4.78 is 37.5. The van der Waals surface area contributed by atoms with Crippen LogP contribution in [-0.4, -0.2) is 48.1 Å². The third-order valence-corrected chi connectivity index (χ3v) is 9.83. The molecule has 7 nitrogen and oxygen atoms in total. The van der Waals surface area contributed by atoms with Crippen molar-refractivity contribution < 1.29 is 13.5 Å². The van der Waals surface area contributed by atoms with Crippen LogP contribution in [0.3, 0.4) is 0 Å². The minimum Gasteiger partial charge on any atom is -0.389 e. The van der Waals surface area contributed by atoms with Crippen LogP contribution in [-0.2, 0) is 18.0 Å². The molecule has 2 N–H and O–H groups in total. The minimum atomic E-state index is -0.514. The normalized spacial score (nSPS) is 14.2. The molecule has 5 rings (SSSR count). The number of nitrogens with zero attached hydrogens (tertiary/aromatic N) is 5. The highest BCUT2D eigenvalue weighted by molar-refractivity contribution is 7.17. The number of rotatable bonds is 11. The smallest absolute Gasteiger partial charge is 0.225 e. The maximum atomic E-state index is 16.7. The van der Waals surface area contributed by atoms with Crippen LogP contribution < -0.4 is 10.6 Å². The van der Waals surface area contributed by atoms with Gasteiger partial charge in [0.25, 0.3) is 0 Å². The van der Waals surface area contributed by atoms with Crippen molar-refractivity contribution in [2.45, 2.75) is 120 Å². The summed E-state index contributed by atoms with van der Waals surface area (Å²) in [6.45, 7) is 22.6. The van der Waals surface area contributed by atoms with Gasteiger partial charge in [-0.2, -0.15) is 5.26 Å². The van der Waals surface area contributed by atoms with Crippen LogP contribution in [0.15, 0.2) is 17.8 Å². The lowest BCUT2D eigenvalue weighted by atomic mass is 9.85. The molecule has 1 aromatic carbocycles. The molecule has 276 valence electrons. The number of nitrogens with two attached hydrogens (primary N) is 1. The number of anilines is 2. The molecule has 0 unspecified atom stereocenters. The molecule has 2 aliphatic heterocycles. The van der Waals surface area contributed by atoms with Gasteiger partial charge in [-0.05, 0) is 82.8 Å². The van der Waals surface area contributed by atoms with E-state index in [9.17, 15) is 5.26 Å². The Hall–Kier alpha value is -3.39. The van der Waals surface area contributed by atoms with Gasteiger partial charge in [-0.3, -0.25) is 0 Å². The zero-order valence-electron chi connectivity index (χ0n) is 32.2. The number of aromatic nitrogens is 2. The molecule has 0 aliphatic carbocycles. The third-order valence-electron chi connectivity index (χ3n) is 8.80. The van der Waals surface area contributed by atoms with Gasteiger partial charge in [0.2, 0.25) is 5.95 Å². The maximum absolute atomic E-state index is 16.7. The van der Waals surface area contributed by atoms with Gasteiger partial charge < -0.3 is 20.3 Å². The van der Waals surface area contributed by atoms with Crippen LogP contribution >= 0.6 is 11.3 Å². The number of hydrogen-bond donors (Lipinski definition) is 1. The molecule has 0 atom stereocenters. The monoisotopic (exact) mass is 710 g/mol. The number of thiophene rings is 1. The van der Waals surface area contributed by atoms with Gasteiger partial charge >= 0.3 is 0 Å². The summed E-state index contributed by atoms with van der Waals surface area (Å²) in [6, 6.07) is 2.13. The number of nitriles is 1. The first-order valence-corrected chi connectivity index (χ1v) is 19.4. The second kappa shape index (κ2) is 21.7. The lowest BCUT2D eigenvalue weighted by Crippen LogP contribution is -2.20. The Morgan fingerprint density at radius 1 is 1.06 bits per heavy atom. The van der Waals surface area contributed by atoms with Gasteiger partial charge in [-0.25, -0.2) is 18.7 Å². The number of hydrogen-bond acceptors (Lipinski definition) is 8. The molecule has 10 heteroatoms. The summed E-state index contributed by atoms with van der Waals surface area (Å²) >= 11 is 1.00. The van der Waals surface area contributed by atoms with E-state index in [1.807, 2.05) is 41.5 Å². The van der Waals surface area contributed by atoms with Crippen molar-refractivity contribution in [3.05, 3.63) is 56.4 Å². The molecule has 0 radical (unpaired) electrons. The quantitative estimate of drug-likeness (QED) is 0.198. The zero-order chi connectivity index (χ0) is 37.4. The van der Waals surface area contributed by atoms with E-state index < -0.39 is 11.6 Å². The second-order valence-electron chi connectivity index (χ2n) is 12.1. The van der Waals surface area contributed by atoms with Gasteiger partial charge in [0.15, 0.2) is 5.82 Å². The summed E-state index contributed by atoms with van der Waals surface area (Å²) in [5.74, 6) is -0.516. The van der Waals surface area contributed by atoms with Gasteiger partial charge in [0, 0.05) is 35.8 Å². The average molecular weight is 711 g/mol. The van der Waals surface area contributed by atoms with E-state index in [0.29, 0.717) is 46.6 Å². The number of nitrogen functional groups attached to an aromatic ring is 1. The van der Waals surface area contributed by atoms with Crippen molar-refractivity contribution in [2.24, 2.45) is 0 Å². The molecule has 0 amide bonds. The summed E-state index contributed by atoms with van der Waals surface area (Å²) in [6.07, 6.45) is 11.0. The number of unbranched alkanes of at least 4 members (excludes halogenated alkanes) is 2. The number of allylic oxidation sites excluding steroid dienone is 2. The van der Waals surface area contributed by atoms with Crippen molar-refractivity contribution in [3.63, 3.8) is 0 Å². The number of halogens is 2. The summed E-state index contributed by atoms with van der Waals surface area (Å²) in [4.78, 5) is 13.9. The molecule has 4 heterocycles. The minimum absolute atomic E-state index is 0.155. The second-order valence-corrected chi connectivity index (χ2v) is 13.1. The van der Waals surface area contributed by atoms with Crippen molar-refractivity contribution in [1.82, 2.24) is 14.9 Å². The standard InChI is InChI=1S/C27H27F2N5OS.C9H21N.2C2H6/c1-4-14(3)20(22-15(10-30)26(31)36-25(22)19(28)5-2)21-18-13-35-12-17(18)16-11-32-27(33-24(16)23(21)29)34-8-6-7-9-34;1-4-6-7-9-10(3)8-5-2;2*1-2/h5,11H,4,6-9,12-13,31H2,1-3H3;4-9H2,1-3H3;2*1-2H3/b19-5+,20-14+;;;. The number of ether oxygens (including phenoxy) is 1. The molecule has 0 spiro atoms. The zero-order valence-corrected chi connectivity index (χ0v) is 33.0. The molecule has 2 aliphatic rings. The van der Waals surface area contributed by atoms with Gasteiger partial charge in [0.05, 0.1) is 23.7 Å². The summed E-state index contributed by atoms with van der Waals surface area (Å²) in [5, 5.41) is 10.8. The van der Waals surface area contributed by atoms with Crippen molar-refractivity contribution in [3.8, 4) is 6.07 Å². The largest absolute Gasteiger partial charge is 0.389 e. The van der Waals surface area contributed by atoms with Crippen molar-refractivity contribution >= 4 is 44.6 Å². The van der Waals surface area contributed by atoms with E-state index >= 15 is 8.78 Å². The van der Waals surface area contributed by atoms with E-state index in [-0.39, 0.29) is 27.6 Å². The topological polar surface area (TPSA) is 91.3 Å². The van der Waals surface area contributed by atoms with Gasteiger partial charge in [0.1, 0.15) is 22.4 Å². The molecule has 50 heavy (non-hydrogen) atoms. The van der Waals surface area contributed by atoms with Gasteiger partial charge in [-0.15, -0.1) is 11.3 Å². The van der Waals surface area contributed by atoms with Crippen molar-refractivity contribution in [2.75, 3.05) is 43.9 Å². The molecule has 0 saturated carbocycles. The molecule has 1 saturated heterocycles. The lowest BCUT2D eigenvalue weighted by molar-refractivity contribution is 0.134. The summed E-state index contributed by atoms with van der Waals surface area (Å²) in [7, 11) is 2.21. The summed E-state index contributed by atoms with van der Waals surface area (Å²) in [5.41, 5.74) is 9.97. The van der Waals surface area contributed by atoms with Crippen LogP contribution in [0.5, 0.6) is 0 Å². The van der Waals surface area contributed by atoms with E-state index in [0.717, 1.165) is 48.4 Å². The highest BCUT2D eigenvalue weighted by Crippen LogP contribution is 2.47. The number of fused-ring (bicyclic) bond motifs is 3. The van der Waals surface area contributed by atoms with Crippen LogP contribution in [0, 0.1) is 17.1 Å². The molecule has 1 fully saturated rings. The van der Waals surface area contributed by atoms with E-state index in [4.69, 9.17) is 10.5 Å². The highest BCUT2D eigenvalue weighted by atomic mass is 32.1. The average Bonchev–Trinajstić information content (AvgIpc) is 3.92.